The molecule has 7 fully saturated rings. The highest BCUT2D eigenvalue weighted by Gasteiger charge is 2.64. The molecule has 7 aliphatic rings. The van der Waals surface area contributed by atoms with Crippen molar-refractivity contribution in [1.29, 1.82) is 0 Å². The Kier molecular flexibility index (Phi) is 31.3. The predicted octanol–water partition coefficient (Wildman–Crippen LogP) is 19.9. The highest BCUT2D eigenvalue weighted by Crippen LogP contribution is 2.45. The van der Waals surface area contributed by atoms with Gasteiger partial charge in [0.1, 0.15) is 0 Å². The average molecular weight is 2070 g/mol. The topological polar surface area (TPSA) is 315 Å². The Morgan fingerprint density at radius 1 is 0.317 bits per heavy atom. The van der Waals surface area contributed by atoms with Gasteiger partial charge in [0.15, 0.2) is 0 Å². The minimum atomic E-state index is -0.576. The first-order valence-corrected chi connectivity index (χ1v) is 50.4. The Hall–Kier alpha value is -9.96. The number of aliphatic hydroxyl groups is 4. The van der Waals surface area contributed by atoms with Gasteiger partial charge in [-0.2, -0.15) is 0 Å². The summed E-state index contributed by atoms with van der Waals surface area (Å²) in [5, 5.41) is 52.8. The van der Waals surface area contributed by atoms with Gasteiger partial charge in [-0.3, -0.25) is 52.4 Å². The van der Waals surface area contributed by atoms with E-state index >= 15 is 0 Å². The van der Waals surface area contributed by atoms with Gasteiger partial charge in [-0.25, -0.2) is 19.9 Å². The van der Waals surface area contributed by atoms with Gasteiger partial charge in [0, 0.05) is 74.2 Å². The van der Waals surface area contributed by atoms with Gasteiger partial charge < -0.3 is 48.4 Å². The zero-order chi connectivity index (χ0) is 97.3. The molecule has 4 aliphatic carbocycles. The van der Waals surface area contributed by atoms with Crippen LogP contribution in [0, 0.1) is 0 Å². The summed E-state index contributed by atoms with van der Waals surface area (Å²) in [5.74, 6) is 0. The quantitative estimate of drug-likeness (QED) is 0.0531. The number of fused-ring (bicyclic) bond motifs is 12. The fourth-order valence-electron chi connectivity index (χ4n) is 20.0. The third-order valence-corrected chi connectivity index (χ3v) is 31.1. The monoisotopic (exact) mass is 2070 g/mol. The summed E-state index contributed by atoms with van der Waals surface area (Å²) in [5.41, 5.74) is 6.04. The molecule has 139 heavy (non-hydrogen) atoms. The lowest BCUT2D eigenvalue weighted by atomic mass is 9.49. The molecule has 0 bridgehead atoms. The van der Waals surface area contributed by atoms with E-state index in [1.54, 1.807) is 62.2 Å². The van der Waals surface area contributed by atoms with E-state index < -0.39 is 56.8 Å². The van der Waals surface area contributed by atoms with Crippen LogP contribution in [0.1, 0.15) is 238 Å². The Morgan fingerprint density at radius 3 is 0.878 bits per heavy atom. The van der Waals surface area contributed by atoms with Gasteiger partial charge in [0.2, 0.25) is 0 Å². The largest absolute Gasteiger partial charge is 0.495 e. The lowest BCUT2D eigenvalue weighted by Gasteiger charge is -2.32. The number of pyridine rings is 3. The van der Waals surface area contributed by atoms with Crippen LogP contribution in [-0.4, -0.2) is 153 Å². The molecule has 0 amide bonds. The Bertz CT molecular complexity index is 6930. The molecule has 8 atom stereocenters. The van der Waals surface area contributed by atoms with Crippen molar-refractivity contribution in [3.63, 3.8) is 0 Å². The van der Waals surface area contributed by atoms with Crippen molar-refractivity contribution in [2.75, 3.05) is 0 Å². The first kappa shape index (κ1) is 102. The van der Waals surface area contributed by atoms with E-state index in [1.165, 1.54) is 0 Å². The predicted molar refractivity (Wildman–Crippen MR) is 565 cm³/mol. The van der Waals surface area contributed by atoms with Crippen LogP contribution in [0.2, 0.25) is 0 Å². The van der Waals surface area contributed by atoms with E-state index in [9.17, 15) is 39.6 Å². The molecular formula is C108H123B3Br3N11O14. The van der Waals surface area contributed by atoms with Gasteiger partial charge in [-0.1, -0.05) is 198 Å². The molecule has 4 saturated carbocycles. The highest BCUT2D eigenvalue weighted by atomic mass is 79.9. The van der Waals surface area contributed by atoms with Gasteiger partial charge in [-0.15, -0.1) is 17.0 Å². The average Bonchev–Trinajstić information content (AvgIpc) is 1.70. The van der Waals surface area contributed by atoms with E-state index in [-0.39, 0.29) is 85.8 Å². The van der Waals surface area contributed by atoms with Gasteiger partial charge in [0.05, 0.1) is 157 Å². The fraction of sp³-hybridized carbons (Fsp3) is 0.417. The van der Waals surface area contributed by atoms with Gasteiger partial charge in [-0.05, 0) is 233 Å². The van der Waals surface area contributed by atoms with Crippen LogP contribution >= 0.6 is 48.8 Å². The Labute approximate surface area is 837 Å². The molecule has 25 nitrogen and oxygen atoms in total. The molecule has 31 heteroatoms. The standard InChI is InChI=1S/C24H29BN2O4.2C24H23N3O2.C18H17BrN2O2.C12H24B2O4.C6H6BrN.BrH/c1-23(2)24(3,4)31-25(30-23)18-13-17-21(16-10-6-5-9-15(16)18)26-14-27(22(17)29)19-11-7-8-12-20(19)28;2*28-22-11-4-3-10-21(22)27-15-26-23-19-9-2-1-8-18(19)16(14-20(23)24(27)29)13-17-7-5-6-12-25-17;19-14-9-13-17(12-6-2-1-5-11(12)14)20-10-21(18(13)23)15-7-3-4-8-16(15)22;1-9(2)10(3,4)16-13(15-9)14-17-11(5,6)12(7,8)18-14;7-5-6-3-1-2-4-8-6;/h5-6,9-10,13-14,19-20,28H,7-8,11-12H2,1-4H3;2*1-2,5-9,12,14-15,21-22,28H,3-4,10-11,13H2;1-2,5-6,9-10,15-16,22H,3-4,7-8H2;1-8H3;1-4H,5H2;1H/t19-,20-;2*21-,22-;15-,16-;;;/m0000.../s1. The van der Waals surface area contributed by atoms with E-state index in [0.717, 1.165) is 199 Å². The second-order valence-electron chi connectivity index (χ2n) is 40.5. The Balaban J connectivity index is 0.000000124. The number of hydrogen-bond donors (Lipinski definition) is 4. The minimum absolute atomic E-state index is 0. The van der Waals surface area contributed by atoms with E-state index in [1.807, 2.05) is 247 Å². The first-order chi connectivity index (χ1) is 66.1. The van der Waals surface area contributed by atoms with Crippen molar-refractivity contribution >= 4 is 162 Å². The number of nitrogens with zero attached hydrogens (tertiary/aromatic N) is 11. The van der Waals surface area contributed by atoms with Crippen LogP contribution < -0.4 is 27.7 Å². The third kappa shape index (κ3) is 21.3. The zero-order valence-corrected chi connectivity index (χ0v) is 85.9. The molecule has 15 aromatic rings. The van der Waals surface area contributed by atoms with Crippen LogP contribution in [0.3, 0.4) is 0 Å². The van der Waals surface area contributed by atoms with Crippen molar-refractivity contribution in [2.24, 2.45) is 0 Å². The molecule has 8 aromatic carbocycles. The van der Waals surface area contributed by atoms with Crippen molar-refractivity contribution < 1.29 is 48.4 Å². The fourth-order valence-corrected chi connectivity index (χ4v) is 20.9. The molecule has 0 radical (unpaired) electrons. The zero-order valence-electron chi connectivity index (χ0n) is 81.0. The summed E-state index contributed by atoms with van der Waals surface area (Å²) in [6.45, 7) is 24.3. The molecule has 3 saturated heterocycles. The van der Waals surface area contributed by atoms with Crippen LogP contribution in [-0.2, 0) is 46.1 Å². The number of hydrogen-bond acceptors (Lipinski definition) is 21. The number of halogens is 3. The number of aliphatic hydroxyl groups excluding tert-OH is 4. The maximum atomic E-state index is 13.6. The minimum Gasteiger partial charge on any atom is -0.405 e. The normalized spacial score (nSPS) is 22.1. The SMILES string of the molecule is Br.BrCc1ccccn1.CC1(C)OB(B2OC(C)(C)C(C)(C)O2)OC1(C)C.CC1(C)OB(c2cc3c(=O)n([C@H]4CCCC[C@@H]4O)cnc3c3ccccc23)OC1(C)C.O=c1c2cc(Br)c3ccccc3c2ncn1[C@H]1CCCC[C@@H]1O.O=c1c2cc(Cc3ccccn3)c3ccccc3c2ncn1[C@H]1CCCC[C@@H]1O.O=c1c2cc(Cc3ccccn3)c3ccccc3c2ncn1[C@H]1CCCC[C@@H]1O. The lowest BCUT2D eigenvalue weighted by Crippen LogP contribution is -2.41. The first-order valence-electron chi connectivity index (χ1n) is 48.5. The van der Waals surface area contributed by atoms with Crippen LogP contribution in [0.4, 0.5) is 0 Å². The molecule has 22 rings (SSSR count). The number of benzene rings is 8. The Morgan fingerprint density at radius 2 is 0.576 bits per heavy atom. The van der Waals surface area contributed by atoms with Gasteiger partial charge >= 0.3 is 21.1 Å². The summed E-state index contributed by atoms with van der Waals surface area (Å²) in [6, 6.07) is 56.5. The number of alkyl halides is 1. The summed E-state index contributed by atoms with van der Waals surface area (Å²) in [7, 11) is -1.53. The van der Waals surface area contributed by atoms with E-state index in [0.29, 0.717) is 46.3 Å². The second-order valence-corrected chi connectivity index (χ2v) is 41.9. The highest BCUT2D eigenvalue weighted by molar-refractivity contribution is 9.10. The van der Waals surface area contributed by atoms with Crippen molar-refractivity contribution in [1.82, 2.24) is 53.2 Å². The summed E-state index contributed by atoms with van der Waals surface area (Å²) in [4.78, 5) is 84.9. The molecule has 0 spiro atoms. The maximum Gasteiger partial charge on any atom is 0.495 e. The molecule has 7 aromatic heterocycles. The molecule has 4 N–H and O–H groups in total. The van der Waals surface area contributed by atoms with Crippen molar-refractivity contribution in [3.8, 4) is 0 Å². The van der Waals surface area contributed by atoms with Crippen molar-refractivity contribution in [3.05, 3.63) is 294 Å². The molecule has 0 unspecified atom stereocenters. The number of rotatable bonds is 11. The maximum absolute atomic E-state index is 13.6. The number of aromatic nitrogens is 11. The third-order valence-electron chi connectivity index (χ3n) is 29.9. The van der Waals surface area contributed by atoms with Crippen LogP contribution in [0.5, 0.6) is 0 Å². The summed E-state index contributed by atoms with van der Waals surface area (Å²) in [6.07, 6.45) is 25.4. The molecule has 10 heterocycles. The summed E-state index contributed by atoms with van der Waals surface area (Å²) >= 11 is 6.85. The second kappa shape index (κ2) is 42.7. The van der Waals surface area contributed by atoms with E-state index in [4.69, 9.17) is 27.9 Å². The van der Waals surface area contributed by atoms with E-state index in [2.05, 4.69) is 78.9 Å². The van der Waals surface area contributed by atoms with Crippen LogP contribution in [0.25, 0.3) is 86.7 Å². The summed E-state index contributed by atoms with van der Waals surface area (Å²) < 4.78 is 43.9. The van der Waals surface area contributed by atoms with Crippen molar-refractivity contribution in [2.45, 2.75) is 286 Å². The van der Waals surface area contributed by atoms with Crippen LogP contribution in [0.15, 0.2) is 243 Å². The van der Waals surface area contributed by atoms with Gasteiger partial charge in [0.25, 0.3) is 22.2 Å². The molecule has 3 aliphatic heterocycles. The smallest absolute Gasteiger partial charge is 0.405 e. The molecular weight excluding hydrogens is 1950 g/mol. The molecule has 724 valence electrons. The lowest BCUT2D eigenvalue weighted by molar-refractivity contribution is 0.00578.